The number of anilines is 1. The van der Waals surface area contributed by atoms with Crippen molar-refractivity contribution in [2.24, 2.45) is 0 Å². The van der Waals surface area contributed by atoms with Crippen LogP contribution in [0, 0.1) is 11.3 Å². The maximum atomic E-state index is 12.6. The normalized spacial score (nSPS) is 14.0. The van der Waals surface area contributed by atoms with Crippen molar-refractivity contribution < 1.29 is 9.21 Å². The predicted molar refractivity (Wildman–Crippen MR) is 99.5 cm³/mol. The van der Waals surface area contributed by atoms with E-state index in [1.54, 1.807) is 18.2 Å². The van der Waals surface area contributed by atoms with Crippen LogP contribution in [-0.2, 0) is 13.0 Å². The third kappa shape index (κ3) is 2.79. The van der Waals surface area contributed by atoms with Gasteiger partial charge in [-0.15, -0.1) is 11.3 Å². The number of nitrogens with zero attached hydrogens (tertiary/aromatic N) is 2. The van der Waals surface area contributed by atoms with Gasteiger partial charge in [-0.3, -0.25) is 4.79 Å². The fraction of sp³-hybridized carbons (Fsp3) is 0.211. The van der Waals surface area contributed by atoms with Gasteiger partial charge in [0, 0.05) is 23.4 Å². The van der Waals surface area contributed by atoms with Gasteiger partial charge in [0.25, 0.3) is 5.91 Å². The van der Waals surface area contributed by atoms with Gasteiger partial charge in [0.15, 0.2) is 0 Å². The highest BCUT2D eigenvalue weighted by molar-refractivity contribution is 7.16. The lowest BCUT2D eigenvalue weighted by Gasteiger charge is -2.21. The number of rotatable bonds is 2. The van der Waals surface area contributed by atoms with Crippen LogP contribution < -0.4 is 10.9 Å². The van der Waals surface area contributed by atoms with Gasteiger partial charge >= 0.3 is 5.63 Å². The van der Waals surface area contributed by atoms with E-state index in [1.807, 2.05) is 13.1 Å². The molecule has 1 amide bonds. The number of likely N-dealkylation sites (N-methyl/N-ethyl adjacent to an activating group) is 1. The first kappa shape index (κ1) is 16.5. The van der Waals surface area contributed by atoms with Crippen molar-refractivity contribution in [3.63, 3.8) is 0 Å². The van der Waals surface area contributed by atoms with Crippen molar-refractivity contribution >= 4 is 33.2 Å². The standard InChI is InChI=1S/C19H15N3O3S/c1-22-7-6-12-14(9-20)18(26-16(12)10-22)21-17(23)13-8-11-4-2-3-5-15(11)25-19(13)24/h2-5,8H,6-7,10H2,1H3,(H,21,23). The number of carbonyl (C=O) groups excluding carboxylic acids is 1. The highest BCUT2D eigenvalue weighted by Crippen LogP contribution is 2.36. The van der Waals surface area contributed by atoms with E-state index in [0.717, 1.165) is 30.0 Å². The Balaban J connectivity index is 1.70. The van der Waals surface area contributed by atoms with Crippen molar-refractivity contribution in [2.75, 3.05) is 18.9 Å². The summed E-state index contributed by atoms with van der Waals surface area (Å²) in [5.41, 5.74) is 1.16. The summed E-state index contributed by atoms with van der Waals surface area (Å²) in [6, 6.07) is 10.7. The maximum absolute atomic E-state index is 12.6. The topological polar surface area (TPSA) is 86.3 Å². The molecular weight excluding hydrogens is 350 g/mol. The average Bonchev–Trinajstić information content (AvgIpc) is 2.96. The molecule has 0 fully saturated rings. The van der Waals surface area contributed by atoms with Crippen molar-refractivity contribution in [3.05, 3.63) is 62.3 Å². The van der Waals surface area contributed by atoms with E-state index >= 15 is 0 Å². The summed E-state index contributed by atoms with van der Waals surface area (Å²) in [4.78, 5) is 28.1. The predicted octanol–water partition coefficient (Wildman–Crippen LogP) is 2.97. The van der Waals surface area contributed by atoms with Crippen molar-refractivity contribution in [2.45, 2.75) is 13.0 Å². The third-order valence-corrected chi connectivity index (χ3v) is 5.60. The molecule has 6 nitrogen and oxygen atoms in total. The fourth-order valence-corrected chi connectivity index (χ4v) is 4.40. The Morgan fingerprint density at radius 3 is 3.00 bits per heavy atom. The molecule has 0 saturated heterocycles. The quantitative estimate of drug-likeness (QED) is 0.706. The lowest BCUT2D eigenvalue weighted by molar-refractivity contribution is 0.102. The van der Waals surface area contributed by atoms with Crippen LogP contribution in [0.1, 0.15) is 26.4 Å². The summed E-state index contributed by atoms with van der Waals surface area (Å²) in [6.07, 6.45) is 0.777. The van der Waals surface area contributed by atoms with Crippen LogP contribution in [0.25, 0.3) is 11.0 Å². The molecule has 1 aliphatic heterocycles. The van der Waals surface area contributed by atoms with Gasteiger partial charge in [-0.1, -0.05) is 18.2 Å². The number of amides is 1. The van der Waals surface area contributed by atoms with E-state index in [0.29, 0.717) is 21.5 Å². The Morgan fingerprint density at radius 1 is 1.38 bits per heavy atom. The lowest BCUT2D eigenvalue weighted by atomic mass is 10.0. The molecule has 1 aromatic carbocycles. The van der Waals surface area contributed by atoms with Crippen LogP contribution >= 0.6 is 11.3 Å². The summed E-state index contributed by atoms with van der Waals surface area (Å²) in [6.45, 7) is 1.63. The molecule has 0 saturated carbocycles. The minimum Gasteiger partial charge on any atom is -0.422 e. The number of fused-ring (bicyclic) bond motifs is 2. The number of hydrogen-bond donors (Lipinski definition) is 1. The molecule has 3 aromatic rings. The first-order chi connectivity index (χ1) is 12.6. The molecule has 2 aromatic heterocycles. The molecule has 26 heavy (non-hydrogen) atoms. The van der Waals surface area contributed by atoms with Crippen LogP contribution in [0.2, 0.25) is 0 Å². The molecule has 0 spiro atoms. The number of nitriles is 1. The van der Waals surface area contributed by atoms with E-state index in [1.165, 1.54) is 17.4 Å². The number of thiophene rings is 1. The molecule has 130 valence electrons. The Hall–Kier alpha value is -2.95. The largest absolute Gasteiger partial charge is 0.422 e. The van der Waals surface area contributed by atoms with Crippen molar-refractivity contribution in [3.8, 4) is 6.07 Å². The molecule has 4 rings (SSSR count). The molecule has 3 heterocycles. The van der Waals surface area contributed by atoms with E-state index in [-0.39, 0.29) is 5.56 Å². The maximum Gasteiger partial charge on any atom is 0.349 e. The molecule has 0 unspecified atom stereocenters. The van der Waals surface area contributed by atoms with Crippen molar-refractivity contribution in [1.29, 1.82) is 5.26 Å². The van der Waals surface area contributed by atoms with Gasteiger partial charge in [-0.2, -0.15) is 5.26 Å². The first-order valence-corrected chi connectivity index (χ1v) is 8.96. The number of para-hydroxylation sites is 1. The zero-order valence-corrected chi connectivity index (χ0v) is 14.9. The monoisotopic (exact) mass is 365 g/mol. The van der Waals surface area contributed by atoms with Crippen LogP contribution in [0.3, 0.4) is 0 Å². The molecule has 0 atom stereocenters. The number of benzene rings is 1. The molecule has 0 radical (unpaired) electrons. The number of carbonyl (C=O) groups is 1. The molecule has 0 bridgehead atoms. The highest BCUT2D eigenvalue weighted by Gasteiger charge is 2.24. The van der Waals surface area contributed by atoms with Gasteiger partial charge in [0.1, 0.15) is 22.2 Å². The summed E-state index contributed by atoms with van der Waals surface area (Å²) < 4.78 is 5.22. The Morgan fingerprint density at radius 2 is 2.19 bits per heavy atom. The Kier molecular flexibility index (Phi) is 4.07. The zero-order chi connectivity index (χ0) is 18.3. The minimum atomic E-state index is -0.694. The average molecular weight is 365 g/mol. The molecule has 1 aliphatic rings. The molecule has 1 N–H and O–H groups in total. The third-order valence-electron chi connectivity index (χ3n) is 4.47. The highest BCUT2D eigenvalue weighted by atomic mass is 32.1. The van der Waals surface area contributed by atoms with Gasteiger partial charge in [0.2, 0.25) is 0 Å². The smallest absolute Gasteiger partial charge is 0.349 e. The second-order valence-corrected chi connectivity index (χ2v) is 7.35. The molecular formula is C19H15N3O3S. The van der Waals surface area contributed by atoms with E-state index < -0.39 is 11.5 Å². The minimum absolute atomic E-state index is 0.0731. The van der Waals surface area contributed by atoms with Crippen molar-refractivity contribution in [1.82, 2.24) is 4.90 Å². The molecule has 7 heteroatoms. The molecule has 0 aliphatic carbocycles. The first-order valence-electron chi connectivity index (χ1n) is 8.14. The summed E-state index contributed by atoms with van der Waals surface area (Å²) in [5, 5.41) is 13.4. The van der Waals surface area contributed by atoms with Gasteiger partial charge in [-0.25, -0.2) is 4.79 Å². The fourth-order valence-electron chi connectivity index (χ4n) is 3.13. The van der Waals surface area contributed by atoms with Crippen LogP contribution in [0.4, 0.5) is 5.00 Å². The van der Waals surface area contributed by atoms with E-state index in [2.05, 4.69) is 16.3 Å². The van der Waals surface area contributed by atoms with Crippen LogP contribution in [0.5, 0.6) is 0 Å². The van der Waals surface area contributed by atoms with Gasteiger partial charge in [-0.05, 0) is 31.2 Å². The second-order valence-electron chi connectivity index (χ2n) is 6.25. The Labute approximate surface area is 153 Å². The Bertz CT molecular complexity index is 1120. The lowest BCUT2D eigenvalue weighted by Crippen LogP contribution is -2.25. The summed E-state index contributed by atoms with van der Waals surface area (Å²) >= 11 is 1.39. The SMILES string of the molecule is CN1CCc2c(sc(NC(=O)c3cc4ccccc4oc3=O)c2C#N)C1. The summed E-state index contributed by atoms with van der Waals surface area (Å²) in [5.74, 6) is -0.562. The number of hydrogen-bond acceptors (Lipinski definition) is 6. The second kappa shape index (κ2) is 6.41. The zero-order valence-electron chi connectivity index (χ0n) is 14.0. The summed E-state index contributed by atoms with van der Waals surface area (Å²) in [7, 11) is 2.02. The van der Waals surface area contributed by atoms with Gasteiger partial charge in [0.05, 0.1) is 5.56 Å². The van der Waals surface area contributed by atoms with E-state index in [9.17, 15) is 14.9 Å². The number of nitrogens with one attached hydrogen (secondary N) is 1. The van der Waals surface area contributed by atoms with Gasteiger partial charge < -0.3 is 14.6 Å². The van der Waals surface area contributed by atoms with Crippen LogP contribution in [-0.4, -0.2) is 24.4 Å². The van der Waals surface area contributed by atoms with Crippen LogP contribution in [0.15, 0.2) is 39.5 Å². The van der Waals surface area contributed by atoms with E-state index in [4.69, 9.17) is 4.42 Å².